The molecule has 0 N–H and O–H groups in total. The molecule has 1 amide bonds. The van der Waals surface area contributed by atoms with Crippen LogP contribution >= 0.6 is 23.1 Å². The summed E-state index contributed by atoms with van der Waals surface area (Å²) in [6, 6.07) is 13.9. The maximum Gasteiger partial charge on any atom is 0.229 e. The summed E-state index contributed by atoms with van der Waals surface area (Å²) in [5, 5.41) is 4.82. The van der Waals surface area contributed by atoms with E-state index in [1.165, 1.54) is 6.07 Å². The summed E-state index contributed by atoms with van der Waals surface area (Å²) in [5.74, 6) is -0.902. The van der Waals surface area contributed by atoms with E-state index in [0.717, 1.165) is 33.7 Å². The van der Waals surface area contributed by atoms with Crippen LogP contribution in [0.25, 0.3) is 10.2 Å². The van der Waals surface area contributed by atoms with E-state index in [4.69, 9.17) is 0 Å². The molecule has 0 aliphatic rings. The first-order chi connectivity index (χ1) is 15.4. The Bertz CT molecular complexity index is 1240. The van der Waals surface area contributed by atoms with E-state index < -0.39 is 11.6 Å². The topological polar surface area (TPSA) is 51.0 Å². The Hall–Kier alpha value is -2.78. The summed E-state index contributed by atoms with van der Waals surface area (Å²) in [7, 11) is 0. The smallest absolute Gasteiger partial charge is 0.229 e. The zero-order chi connectivity index (χ0) is 22.7. The number of thiazole rings is 1. The molecule has 2 aromatic carbocycles. The van der Waals surface area contributed by atoms with Gasteiger partial charge >= 0.3 is 0 Å². The third-order valence-electron chi connectivity index (χ3n) is 4.90. The molecule has 0 aliphatic heterocycles. The van der Waals surface area contributed by atoms with E-state index in [-0.39, 0.29) is 11.4 Å². The van der Waals surface area contributed by atoms with Gasteiger partial charge in [-0.05, 0) is 38.1 Å². The second-order valence-electron chi connectivity index (χ2n) is 7.34. The van der Waals surface area contributed by atoms with Crippen LogP contribution in [0.3, 0.4) is 0 Å². The fraction of sp³-hybridized carbons (Fsp3) is 0.261. The van der Waals surface area contributed by atoms with Gasteiger partial charge < -0.3 is 0 Å². The number of fused-ring (bicyclic) bond motifs is 1. The lowest BCUT2D eigenvalue weighted by Gasteiger charge is -2.20. The van der Waals surface area contributed by atoms with Gasteiger partial charge in [0.05, 0.1) is 16.9 Å². The number of halogens is 2. The number of aryl methyl sites for hydroxylation is 2. The van der Waals surface area contributed by atoms with Crippen molar-refractivity contribution in [3.63, 3.8) is 0 Å². The predicted octanol–water partition coefficient (Wildman–Crippen LogP) is 5.60. The Morgan fingerprint density at radius 1 is 1.16 bits per heavy atom. The summed E-state index contributed by atoms with van der Waals surface area (Å²) in [5.41, 5.74) is 1.97. The van der Waals surface area contributed by atoms with Gasteiger partial charge in [-0.15, -0.1) is 11.8 Å². The van der Waals surface area contributed by atoms with Gasteiger partial charge in [-0.1, -0.05) is 29.5 Å². The first-order valence-electron chi connectivity index (χ1n) is 10.2. The Morgan fingerprint density at radius 2 is 1.94 bits per heavy atom. The molecule has 0 saturated carbocycles. The summed E-state index contributed by atoms with van der Waals surface area (Å²) >= 11 is 2.71. The van der Waals surface area contributed by atoms with Crippen LogP contribution in [0.2, 0.25) is 0 Å². The molecule has 2 aromatic heterocycles. The van der Waals surface area contributed by atoms with Crippen LogP contribution in [-0.4, -0.2) is 33.0 Å². The SMILES string of the molecule is Cc1cc(C)n(CCN(C(=O)CCSc2ccccc2)c2nc3c(F)cc(F)cc3s2)n1. The summed E-state index contributed by atoms with van der Waals surface area (Å²) in [4.78, 5) is 20.1. The van der Waals surface area contributed by atoms with E-state index in [9.17, 15) is 13.6 Å². The highest BCUT2D eigenvalue weighted by Crippen LogP contribution is 2.32. The van der Waals surface area contributed by atoms with Gasteiger partial charge in [0, 0.05) is 35.4 Å². The van der Waals surface area contributed by atoms with Gasteiger partial charge in [-0.3, -0.25) is 14.4 Å². The molecule has 0 atom stereocenters. The lowest BCUT2D eigenvalue weighted by molar-refractivity contribution is -0.118. The number of rotatable bonds is 8. The standard InChI is InChI=1S/C23H22F2N4OS2/c1-15-12-16(2)29(27-15)10-9-28(21(30)8-11-31-18-6-4-3-5-7-18)23-26-22-19(25)13-17(24)14-20(22)32-23/h3-7,12-14H,8-11H2,1-2H3. The number of hydrogen-bond acceptors (Lipinski definition) is 5. The minimum Gasteiger partial charge on any atom is -0.286 e. The van der Waals surface area contributed by atoms with Gasteiger partial charge in [0.2, 0.25) is 5.91 Å². The number of benzene rings is 2. The third-order valence-corrected chi connectivity index (χ3v) is 6.94. The molecule has 32 heavy (non-hydrogen) atoms. The zero-order valence-corrected chi connectivity index (χ0v) is 19.3. The largest absolute Gasteiger partial charge is 0.286 e. The lowest BCUT2D eigenvalue weighted by atomic mass is 10.3. The Labute approximate surface area is 193 Å². The minimum absolute atomic E-state index is 0.0778. The number of nitrogens with zero attached hydrogens (tertiary/aromatic N) is 4. The highest BCUT2D eigenvalue weighted by molar-refractivity contribution is 7.99. The summed E-state index contributed by atoms with van der Waals surface area (Å²) in [6.45, 7) is 4.68. The number of carbonyl (C=O) groups excluding carboxylic acids is 1. The van der Waals surface area contributed by atoms with Crippen LogP contribution in [0.4, 0.5) is 13.9 Å². The van der Waals surface area contributed by atoms with E-state index in [2.05, 4.69) is 10.1 Å². The number of amides is 1. The Kier molecular flexibility index (Phi) is 6.86. The van der Waals surface area contributed by atoms with Gasteiger partial charge in [0.15, 0.2) is 10.9 Å². The molecule has 166 valence electrons. The normalized spacial score (nSPS) is 11.2. The van der Waals surface area contributed by atoms with Crippen molar-refractivity contribution >= 4 is 44.4 Å². The fourth-order valence-corrected chi connectivity index (χ4v) is 5.30. The maximum absolute atomic E-state index is 14.2. The molecule has 0 saturated heterocycles. The molecule has 0 fully saturated rings. The van der Waals surface area contributed by atoms with Crippen molar-refractivity contribution < 1.29 is 13.6 Å². The molecule has 2 heterocycles. The lowest BCUT2D eigenvalue weighted by Crippen LogP contribution is -2.34. The maximum atomic E-state index is 14.2. The van der Waals surface area contributed by atoms with Gasteiger partial charge in [-0.25, -0.2) is 13.8 Å². The zero-order valence-electron chi connectivity index (χ0n) is 17.7. The van der Waals surface area contributed by atoms with Crippen LogP contribution in [0, 0.1) is 25.5 Å². The minimum atomic E-state index is -0.729. The van der Waals surface area contributed by atoms with Crippen molar-refractivity contribution in [1.29, 1.82) is 0 Å². The van der Waals surface area contributed by atoms with Gasteiger partial charge in [0.25, 0.3) is 0 Å². The fourth-order valence-electron chi connectivity index (χ4n) is 3.39. The number of aromatic nitrogens is 3. The first kappa shape index (κ1) is 22.4. The first-order valence-corrected chi connectivity index (χ1v) is 12.0. The molecule has 9 heteroatoms. The molecule has 4 aromatic rings. The molecule has 0 unspecified atom stereocenters. The summed E-state index contributed by atoms with van der Waals surface area (Å²) < 4.78 is 30.1. The quantitative estimate of drug-likeness (QED) is 0.313. The van der Waals surface area contributed by atoms with E-state index in [0.29, 0.717) is 35.1 Å². The Morgan fingerprint density at radius 3 is 2.66 bits per heavy atom. The van der Waals surface area contributed by atoms with Crippen LogP contribution < -0.4 is 4.90 Å². The highest BCUT2D eigenvalue weighted by Gasteiger charge is 2.21. The van der Waals surface area contributed by atoms with Crippen molar-refractivity contribution in [2.24, 2.45) is 0 Å². The molecule has 0 aliphatic carbocycles. The molecular formula is C23H22F2N4OS2. The third kappa shape index (κ3) is 5.16. The van der Waals surface area contributed by atoms with Crippen LogP contribution in [0.15, 0.2) is 53.4 Å². The van der Waals surface area contributed by atoms with Gasteiger partial charge in [0.1, 0.15) is 11.3 Å². The average Bonchev–Trinajstić information content (AvgIpc) is 3.31. The molecular weight excluding hydrogens is 450 g/mol. The summed E-state index contributed by atoms with van der Waals surface area (Å²) in [6.07, 6.45) is 0.295. The molecule has 0 spiro atoms. The second kappa shape index (κ2) is 9.79. The number of thioether (sulfide) groups is 1. The number of carbonyl (C=O) groups is 1. The average molecular weight is 473 g/mol. The monoisotopic (exact) mass is 472 g/mol. The van der Waals surface area contributed by atoms with Crippen LogP contribution in [0.1, 0.15) is 17.8 Å². The van der Waals surface area contributed by atoms with Crippen LogP contribution in [-0.2, 0) is 11.3 Å². The van der Waals surface area contributed by atoms with Crippen molar-refractivity contribution in [1.82, 2.24) is 14.8 Å². The van der Waals surface area contributed by atoms with Gasteiger partial charge in [-0.2, -0.15) is 5.10 Å². The van der Waals surface area contributed by atoms with E-state index >= 15 is 0 Å². The number of hydrogen-bond donors (Lipinski definition) is 0. The molecule has 0 bridgehead atoms. The molecule has 0 radical (unpaired) electrons. The predicted molar refractivity (Wildman–Crippen MR) is 125 cm³/mol. The highest BCUT2D eigenvalue weighted by atomic mass is 32.2. The van der Waals surface area contributed by atoms with Crippen molar-refractivity contribution in [3.05, 3.63) is 71.6 Å². The van der Waals surface area contributed by atoms with Crippen LogP contribution in [0.5, 0.6) is 0 Å². The van der Waals surface area contributed by atoms with E-state index in [1.807, 2.05) is 54.9 Å². The van der Waals surface area contributed by atoms with E-state index in [1.54, 1.807) is 16.7 Å². The van der Waals surface area contributed by atoms with Crippen molar-refractivity contribution in [2.45, 2.75) is 31.7 Å². The number of anilines is 1. The Balaban J connectivity index is 1.55. The second-order valence-corrected chi connectivity index (χ2v) is 9.52. The molecule has 5 nitrogen and oxygen atoms in total. The van der Waals surface area contributed by atoms with Crippen molar-refractivity contribution in [2.75, 3.05) is 17.2 Å². The molecule has 4 rings (SSSR count). The van der Waals surface area contributed by atoms with Crippen molar-refractivity contribution in [3.8, 4) is 0 Å².